The lowest BCUT2D eigenvalue weighted by molar-refractivity contribution is 0.226. The maximum absolute atomic E-state index is 6.48. The largest absolute Gasteiger partial charge is 0.497 e. The quantitative estimate of drug-likeness (QED) is 0.705. The fourth-order valence-corrected chi connectivity index (χ4v) is 4.02. The van der Waals surface area contributed by atoms with Gasteiger partial charge < -0.3 is 15.0 Å². The van der Waals surface area contributed by atoms with Gasteiger partial charge in [-0.15, -0.1) is 10.2 Å². The highest BCUT2D eigenvalue weighted by molar-refractivity contribution is 6.33. The van der Waals surface area contributed by atoms with E-state index in [-0.39, 0.29) is 0 Å². The Bertz CT molecular complexity index is 988. The van der Waals surface area contributed by atoms with Gasteiger partial charge in [0.25, 0.3) is 0 Å². The van der Waals surface area contributed by atoms with E-state index in [2.05, 4.69) is 32.4 Å². The van der Waals surface area contributed by atoms with Crippen LogP contribution in [0.3, 0.4) is 0 Å². The number of methoxy groups -OCH3 is 1. The summed E-state index contributed by atoms with van der Waals surface area (Å²) in [6, 6.07) is 7.91. The maximum atomic E-state index is 6.48. The van der Waals surface area contributed by atoms with Crippen LogP contribution in [0.15, 0.2) is 24.3 Å². The second-order valence-electron chi connectivity index (χ2n) is 7.18. The molecule has 0 saturated carbocycles. The second kappa shape index (κ2) is 7.93. The summed E-state index contributed by atoms with van der Waals surface area (Å²) in [5.74, 6) is 1.37. The Kier molecular flexibility index (Phi) is 5.37. The lowest BCUT2D eigenvalue weighted by atomic mass is 10.1. The van der Waals surface area contributed by atoms with Crippen molar-refractivity contribution in [3.8, 4) is 17.0 Å². The minimum Gasteiger partial charge on any atom is -0.497 e. The van der Waals surface area contributed by atoms with Crippen LogP contribution in [0.5, 0.6) is 5.75 Å². The molecule has 0 spiro atoms. The summed E-state index contributed by atoms with van der Waals surface area (Å²) >= 11 is 6.48. The Balaban J connectivity index is 1.71. The number of anilines is 1. The summed E-state index contributed by atoms with van der Waals surface area (Å²) in [6.45, 7) is 7.40. The molecule has 1 N–H and O–H groups in total. The van der Waals surface area contributed by atoms with Gasteiger partial charge in [0.05, 0.1) is 23.3 Å². The van der Waals surface area contributed by atoms with Gasteiger partial charge in [-0.1, -0.05) is 18.5 Å². The molecule has 8 heteroatoms. The van der Waals surface area contributed by atoms with Crippen molar-refractivity contribution in [2.75, 3.05) is 32.1 Å². The van der Waals surface area contributed by atoms with Crippen LogP contribution in [0.25, 0.3) is 16.8 Å². The molecule has 1 aliphatic heterocycles. The van der Waals surface area contributed by atoms with Crippen molar-refractivity contribution in [3.63, 3.8) is 0 Å². The van der Waals surface area contributed by atoms with Gasteiger partial charge in [-0.2, -0.15) is 9.61 Å². The van der Waals surface area contributed by atoms with Crippen LogP contribution in [0, 0.1) is 6.92 Å². The number of aromatic nitrogens is 4. The monoisotopic (exact) mass is 400 g/mol. The summed E-state index contributed by atoms with van der Waals surface area (Å²) < 4.78 is 7.08. The normalized spacial score (nSPS) is 17.8. The number of nitrogens with one attached hydrogen (secondary N) is 1. The Labute approximate surface area is 169 Å². The van der Waals surface area contributed by atoms with Gasteiger partial charge >= 0.3 is 0 Å². The fraction of sp³-hybridized carbons (Fsp3) is 0.450. The molecule has 3 heterocycles. The molecule has 2 aromatic heterocycles. The van der Waals surface area contributed by atoms with Crippen molar-refractivity contribution in [2.45, 2.75) is 32.7 Å². The van der Waals surface area contributed by atoms with Crippen molar-refractivity contribution in [1.82, 2.24) is 24.7 Å². The number of ether oxygens (including phenoxy) is 1. The number of hydrogen-bond acceptors (Lipinski definition) is 6. The highest BCUT2D eigenvalue weighted by Crippen LogP contribution is 2.33. The van der Waals surface area contributed by atoms with E-state index in [4.69, 9.17) is 16.3 Å². The third-order valence-electron chi connectivity index (χ3n) is 5.24. The van der Waals surface area contributed by atoms with Gasteiger partial charge in [0, 0.05) is 18.2 Å². The maximum Gasteiger partial charge on any atom is 0.244 e. The number of aryl methyl sites for hydroxylation is 1. The first-order valence-electron chi connectivity index (χ1n) is 9.65. The third-order valence-corrected chi connectivity index (χ3v) is 5.55. The molecule has 0 bridgehead atoms. The Morgan fingerprint density at radius 1 is 1.29 bits per heavy atom. The molecule has 1 aromatic carbocycles. The minimum atomic E-state index is 0.339. The molecular formula is C20H25ClN6O. The van der Waals surface area contributed by atoms with Gasteiger partial charge in [-0.05, 0) is 57.1 Å². The van der Waals surface area contributed by atoms with Crippen molar-refractivity contribution < 1.29 is 4.74 Å². The predicted octanol–water partition coefficient (Wildman–Crippen LogP) is 3.66. The van der Waals surface area contributed by atoms with Crippen molar-refractivity contribution in [3.05, 3.63) is 35.0 Å². The summed E-state index contributed by atoms with van der Waals surface area (Å²) in [5.41, 5.74) is 3.30. The number of fused-ring (bicyclic) bond motifs is 1. The molecule has 0 radical (unpaired) electrons. The molecule has 1 fully saturated rings. The van der Waals surface area contributed by atoms with E-state index < -0.39 is 0 Å². The van der Waals surface area contributed by atoms with Crippen LogP contribution >= 0.6 is 11.6 Å². The summed E-state index contributed by atoms with van der Waals surface area (Å²) in [6.07, 6.45) is 2.30. The van der Waals surface area contributed by atoms with Crippen molar-refractivity contribution in [1.29, 1.82) is 0 Å². The highest BCUT2D eigenvalue weighted by atomic mass is 35.5. The third kappa shape index (κ3) is 3.64. The highest BCUT2D eigenvalue weighted by Gasteiger charge is 2.22. The number of piperidine rings is 1. The van der Waals surface area contributed by atoms with Crippen LogP contribution in [0.1, 0.15) is 25.5 Å². The number of rotatable bonds is 5. The van der Waals surface area contributed by atoms with Crippen LogP contribution in [-0.2, 0) is 0 Å². The minimum absolute atomic E-state index is 0.339. The number of nitrogens with zero attached hydrogens (tertiary/aromatic N) is 5. The Morgan fingerprint density at radius 2 is 2.14 bits per heavy atom. The van der Waals surface area contributed by atoms with Gasteiger partial charge in [-0.25, -0.2) is 0 Å². The van der Waals surface area contributed by atoms with Crippen LogP contribution in [0.4, 0.5) is 5.95 Å². The molecule has 0 aliphatic carbocycles. The Morgan fingerprint density at radius 3 is 2.89 bits per heavy atom. The predicted molar refractivity (Wildman–Crippen MR) is 111 cm³/mol. The molecule has 1 saturated heterocycles. The van der Waals surface area contributed by atoms with E-state index in [1.807, 2.05) is 29.6 Å². The lowest BCUT2D eigenvalue weighted by Gasteiger charge is -2.32. The molecular weight excluding hydrogens is 376 g/mol. The van der Waals surface area contributed by atoms with E-state index in [0.29, 0.717) is 28.5 Å². The zero-order chi connectivity index (χ0) is 19.7. The number of halogens is 1. The molecule has 1 atom stereocenters. The first-order valence-corrected chi connectivity index (χ1v) is 10.0. The fourth-order valence-electron chi connectivity index (χ4n) is 3.76. The number of likely N-dealkylation sites (tertiary alicyclic amines) is 1. The van der Waals surface area contributed by atoms with Gasteiger partial charge in [0.1, 0.15) is 11.4 Å². The molecule has 0 amide bonds. The van der Waals surface area contributed by atoms with Gasteiger partial charge in [0.2, 0.25) is 5.95 Å². The van der Waals surface area contributed by atoms with E-state index in [0.717, 1.165) is 42.8 Å². The molecule has 7 nitrogen and oxygen atoms in total. The van der Waals surface area contributed by atoms with E-state index >= 15 is 0 Å². The van der Waals surface area contributed by atoms with E-state index in [9.17, 15) is 0 Å². The summed E-state index contributed by atoms with van der Waals surface area (Å²) in [5, 5.41) is 17.7. The number of hydrogen-bond donors (Lipinski definition) is 1. The van der Waals surface area contributed by atoms with E-state index in [1.165, 1.54) is 6.42 Å². The molecule has 4 rings (SSSR count). The van der Waals surface area contributed by atoms with Crippen LogP contribution in [-0.4, -0.2) is 57.5 Å². The van der Waals surface area contributed by atoms with Gasteiger partial charge in [0.15, 0.2) is 0 Å². The SMILES string of the molecule is CCN1CCC[C@@H](Nc2nnc(-c3ccc(OC)cc3Cl)c3cc(C)nn23)C1. The standard InChI is InChI=1S/C20H25ClN6O/c1-4-26-9-5-6-14(12-26)22-20-24-23-19(18-10-13(2)25-27(18)20)16-8-7-15(28-3)11-17(16)21/h7-8,10-11,14H,4-6,9,12H2,1-3H3,(H,22,24)/t14-/m1/s1. The Hall–Kier alpha value is -2.38. The molecule has 3 aromatic rings. The first-order chi connectivity index (χ1) is 13.6. The molecule has 28 heavy (non-hydrogen) atoms. The average molecular weight is 401 g/mol. The van der Waals surface area contributed by atoms with Crippen molar-refractivity contribution >= 4 is 23.1 Å². The zero-order valence-electron chi connectivity index (χ0n) is 16.4. The smallest absolute Gasteiger partial charge is 0.244 e. The number of benzene rings is 1. The number of likely N-dealkylation sites (N-methyl/N-ethyl adjacent to an activating group) is 1. The molecule has 148 valence electrons. The topological polar surface area (TPSA) is 67.6 Å². The lowest BCUT2D eigenvalue weighted by Crippen LogP contribution is -2.42. The second-order valence-corrected chi connectivity index (χ2v) is 7.58. The van der Waals surface area contributed by atoms with Gasteiger partial charge in [-0.3, -0.25) is 0 Å². The van der Waals surface area contributed by atoms with Crippen molar-refractivity contribution in [2.24, 2.45) is 0 Å². The van der Waals surface area contributed by atoms with Crippen LogP contribution < -0.4 is 10.1 Å². The summed E-state index contributed by atoms with van der Waals surface area (Å²) in [7, 11) is 1.62. The molecule has 1 aliphatic rings. The zero-order valence-corrected chi connectivity index (χ0v) is 17.2. The van der Waals surface area contributed by atoms with Crippen LogP contribution in [0.2, 0.25) is 5.02 Å². The average Bonchev–Trinajstić information content (AvgIpc) is 3.10. The summed E-state index contributed by atoms with van der Waals surface area (Å²) in [4.78, 5) is 2.45. The first kappa shape index (κ1) is 19.0. The molecule has 0 unspecified atom stereocenters. The van der Waals surface area contributed by atoms with E-state index in [1.54, 1.807) is 13.2 Å².